The summed E-state index contributed by atoms with van der Waals surface area (Å²) in [5.74, 6) is -8.87. The molecule has 0 spiro atoms. The van der Waals surface area contributed by atoms with Crippen molar-refractivity contribution in [2.75, 3.05) is 13.1 Å². The maximum atomic E-state index is 15.5. The Balaban J connectivity index is 1.32. The van der Waals surface area contributed by atoms with Crippen LogP contribution in [0.25, 0.3) is 0 Å². The minimum absolute atomic E-state index is 0.112. The van der Waals surface area contributed by atoms with Gasteiger partial charge in [0.2, 0.25) is 23.6 Å². The van der Waals surface area contributed by atoms with E-state index in [9.17, 15) is 19.2 Å². The molecule has 10 aliphatic rings. The lowest BCUT2D eigenvalue weighted by Gasteiger charge is -2.53. The number of carbonyl (C=O) groups excluding carboxylic acids is 4. The zero-order chi connectivity index (χ0) is 28.8. The van der Waals surface area contributed by atoms with Crippen molar-refractivity contribution in [3.8, 4) is 23.7 Å². The SMILES string of the molecule is O=C1[C@@H]2[C@H]3C[C@H]4[C@@H]2C(=O)N1CC#CC#CCN1C(=O)[C@@H]2[C@H]5C[C@@H]([C@@H]2C1=O)[C@H]1[C@@H]5C2(C(F)(F)F)OC1(C(F)(F)F)[C@H]3[C@H]42. The number of amides is 4. The molecule has 10 rings (SSSR count). The van der Waals surface area contributed by atoms with E-state index in [1.165, 1.54) is 0 Å². The van der Waals surface area contributed by atoms with Crippen molar-refractivity contribution in [3.05, 3.63) is 0 Å². The lowest BCUT2D eigenvalue weighted by molar-refractivity contribution is -0.329. The van der Waals surface area contributed by atoms with E-state index in [-0.39, 0.29) is 12.8 Å². The second kappa shape index (κ2) is 6.77. The number of imide groups is 2. The van der Waals surface area contributed by atoms with Gasteiger partial charge in [0.15, 0.2) is 11.2 Å². The summed E-state index contributed by atoms with van der Waals surface area (Å²) in [6, 6.07) is 0. The summed E-state index contributed by atoms with van der Waals surface area (Å²) in [6.45, 7) is -0.804. The molecule has 12 bridgehead atoms. The molecule has 2 unspecified atom stereocenters. The number of nitrogens with zero attached hydrogens (tertiary/aromatic N) is 2. The van der Waals surface area contributed by atoms with Gasteiger partial charge in [-0.1, -0.05) is 11.8 Å². The van der Waals surface area contributed by atoms with Crippen molar-refractivity contribution < 1.29 is 50.3 Å². The number of alkyl halides is 6. The summed E-state index contributed by atoms with van der Waals surface area (Å²) in [5, 5.41) is 0. The first-order valence-electron chi connectivity index (χ1n) is 13.8. The molecule has 214 valence electrons. The Morgan fingerprint density at radius 3 is 1.15 bits per heavy atom. The fourth-order valence-corrected chi connectivity index (χ4v) is 12.0. The minimum atomic E-state index is -5.25. The Kier molecular flexibility index (Phi) is 4.05. The summed E-state index contributed by atoms with van der Waals surface area (Å²) < 4.78 is 98.6. The molecule has 0 N–H and O–H groups in total. The van der Waals surface area contributed by atoms with Gasteiger partial charge in [-0.2, -0.15) is 26.3 Å². The summed E-state index contributed by atoms with van der Waals surface area (Å²) in [7, 11) is 0. The van der Waals surface area contributed by atoms with E-state index in [1.807, 2.05) is 0 Å². The van der Waals surface area contributed by atoms with Crippen LogP contribution in [0.4, 0.5) is 26.3 Å². The topological polar surface area (TPSA) is 84.0 Å². The Morgan fingerprint density at radius 2 is 0.878 bits per heavy atom. The third kappa shape index (κ3) is 2.24. The Labute approximate surface area is 228 Å². The molecule has 13 heteroatoms. The largest absolute Gasteiger partial charge is 0.418 e. The van der Waals surface area contributed by atoms with Crippen LogP contribution >= 0.6 is 0 Å². The molecule has 4 saturated heterocycles. The first kappa shape index (κ1) is 24.5. The maximum absolute atomic E-state index is 15.5. The minimum Gasteiger partial charge on any atom is -0.348 e. The average molecular weight is 578 g/mol. The third-order valence-corrected chi connectivity index (χ3v) is 12.4. The molecule has 0 aromatic heterocycles. The monoisotopic (exact) mass is 578 g/mol. The summed E-state index contributed by atoms with van der Waals surface area (Å²) in [6.07, 6.45) is -10.7. The van der Waals surface area contributed by atoms with E-state index in [0.29, 0.717) is 0 Å². The molecule has 41 heavy (non-hydrogen) atoms. The zero-order valence-electron chi connectivity index (χ0n) is 21.0. The molecule has 0 aromatic carbocycles. The van der Waals surface area contributed by atoms with Crippen LogP contribution in [-0.4, -0.2) is 70.1 Å². The van der Waals surface area contributed by atoms with Crippen LogP contribution in [0.2, 0.25) is 0 Å². The van der Waals surface area contributed by atoms with Crippen LogP contribution in [0, 0.1) is 94.7 Å². The van der Waals surface area contributed by atoms with Crippen molar-refractivity contribution in [3.63, 3.8) is 0 Å². The second-order valence-corrected chi connectivity index (χ2v) is 13.1. The molecule has 4 amide bonds. The predicted octanol–water partition coefficient (Wildman–Crippen LogP) is 1.62. The molecular formula is C28H20F6N2O5. The molecule has 4 saturated carbocycles. The lowest BCUT2D eigenvalue weighted by Crippen LogP contribution is -2.66. The second-order valence-electron chi connectivity index (χ2n) is 13.1. The highest BCUT2D eigenvalue weighted by Gasteiger charge is 2.97. The standard InChI is InChI=1S/C28H20F6N2O5/c29-27(30,31)25-17-9-7-10-14-13(9)21(37)35(22(14)38)5-3-1-2-4-6-36-23(39)15-11-8-12(16(15)24(36)40)20(19(11)25)26(41-25,18(10)17)28(32,33)34/h9-20H,5-8H2/t9-,10+,11+,12-,13-,14+,15+,16-,17-,18+,19+,20-,25?,26?. The van der Waals surface area contributed by atoms with E-state index >= 15 is 26.3 Å². The van der Waals surface area contributed by atoms with Crippen LogP contribution in [0.15, 0.2) is 0 Å². The van der Waals surface area contributed by atoms with Gasteiger partial charge in [0.05, 0.1) is 36.8 Å². The van der Waals surface area contributed by atoms with Crippen LogP contribution in [-0.2, 0) is 23.9 Å². The molecule has 6 aliphatic heterocycles. The third-order valence-electron chi connectivity index (χ3n) is 12.4. The van der Waals surface area contributed by atoms with Crippen molar-refractivity contribution in [1.29, 1.82) is 0 Å². The van der Waals surface area contributed by atoms with E-state index in [2.05, 4.69) is 23.7 Å². The van der Waals surface area contributed by atoms with Gasteiger partial charge in [-0.25, -0.2) is 0 Å². The number of carbonyl (C=O) groups is 4. The van der Waals surface area contributed by atoms with Crippen molar-refractivity contribution in [2.45, 2.75) is 36.4 Å². The highest BCUT2D eigenvalue weighted by molar-refractivity contribution is 6.07. The van der Waals surface area contributed by atoms with Gasteiger partial charge in [0, 0.05) is 23.7 Å². The van der Waals surface area contributed by atoms with Crippen molar-refractivity contribution in [2.24, 2.45) is 71.0 Å². The van der Waals surface area contributed by atoms with Crippen molar-refractivity contribution >= 4 is 23.6 Å². The quantitative estimate of drug-likeness (QED) is 0.248. The van der Waals surface area contributed by atoms with E-state index in [4.69, 9.17) is 4.74 Å². The van der Waals surface area contributed by atoms with Gasteiger partial charge in [-0.05, 0) is 48.4 Å². The molecule has 8 fully saturated rings. The molecule has 6 heterocycles. The lowest BCUT2D eigenvalue weighted by atomic mass is 9.46. The number of hydrogen-bond acceptors (Lipinski definition) is 5. The fraction of sp³-hybridized carbons (Fsp3) is 0.714. The zero-order valence-corrected chi connectivity index (χ0v) is 21.0. The van der Waals surface area contributed by atoms with Crippen LogP contribution < -0.4 is 0 Å². The molecular weight excluding hydrogens is 558 g/mol. The van der Waals surface area contributed by atoms with E-state index < -0.39 is 131 Å². The molecule has 14 atom stereocenters. The van der Waals surface area contributed by atoms with Gasteiger partial charge in [0.25, 0.3) is 0 Å². The number of rotatable bonds is 0. The number of halogens is 6. The first-order valence-corrected chi connectivity index (χ1v) is 13.8. The van der Waals surface area contributed by atoms with Crippen molar-refractivity contribution in [1.82, 2.24) is 9.80 Å². The Morgan fingerprint density at radius 1 is 0.585 bits per heavy atom. The maximum Gasteiger partial charge on any atom is 0.418 e. The van der Waals surface area contributed by atoms with Gasteiger partial charge in [-0.15, -0.1) is 0 Å². The molecule has 7 nitrogen and oxygen atoms in total. The smallest absolute Gasteiger partial charge is 0.348 e. The van der Waals surface area contributed by atoms with Crippen LogP contribution in [0.3, 0.4) is 0 Å². The summed E-state index contributed by atoms with van der Waals surface area (Å²) in [5.41, 5.74) is -6.48. The van der Waals surface area contributed by atoms with E-state index in [0.717, 1.165) is 9.80 Å². The van der Waals surface area contributed by atoms with Crippen LogP contribution in [0.5, 0.6) is 0 Å². The summed E-state index contributed by atoms with van der Waals surface area (Å²) >= 11 is 0. The van der Waals surface area contributed by atoms with Gasteiger partial charge < -0.3 is 4.74 Å². The number of hydrogen-bond donors (Lipinski definition) is 0. The Hall–Kier alpha value is -3.06. The Bertz CT molecular complexity index is 1350. The molecule has 4 aliphatic carbocycles. The fourth-order valence-electron chi connectivity index (χ4n) is 12.0. The molecule has 0 radical (unpaired) electrons. The van der Waals surface area contributed by atoms with Gasteiger partial charge in [0.1, 0.15) is 0 Å². The summed E-state index contributed by atoms with van der Waals surface area (Å²) in [4.78, 5) is 55.5. The highest BCUT2D eigenvalue weighted by Crippen LogP contribution is 2.86. The number of ether oxygens (including phenoxy) is 1. The molecule has 0 aromatic rings. The number of fused-ring (bicyclic) bond motifs is 3. The van der Waals surface area contributed by atoms with Gasteiger partial charge in [-0.3, -0.25) is 29.0 Å². The average Bonchev–Trinajstić information content (AvgIpc) is 3.71. The van der Waals surface area contributed by atoms with Gasteiger partial charge >= 0.3 is 12.4 Å². The normalized spacial score (nSPS) is 52.9. The van der Waals surface area contributed by atoms with Crippen LogP contribution in [0.1, 0.15) is 12.8 Å². The first-order chi connectivity index (χ1) is 19.3. The van der Waals surface area contributed by atoms with E-state index in [1.54, 1.807) is 0 Å². The highest BCUT2D eigenvalue weighted by atomic mass is 19.4. The predicted molar refractivity (Wildman–Crippen MR) is 119 cm³/mol.